The summed E-state index contributed by atoms with van der Waals surface area (Å²) in [5.74, 6) is -0.931. The second-order valence-corrected chi connectivity index (χ2v) is 2.67. The predicted molar refractivity (Wildman–Crippen MR) is 50.0 cm³/mol. The van der Waals surface area contributed by atoms with E-state index in [0.717, 1.165) is 0 Å². The first-order chi connectivity index (χ1) is 7.27. The van der Waals surface area contributed by atoms with E-state index in [1.807, 2.05) is 0 Å². The molecule has 0 saturated carbocycles. The molecule has 74 valence electrons. The van der Waals surface area contributed by atoms with Gasteiger partial charge in [0.15, 0.2) is 5.82 Å². The minimum atomic E-state index is -1.16. The highest BCUT2D eigenvalue weighted by Gasteiger charge is 2.07. The summed E-state index contributed by atoms with van der Waals surface area (Å²) in [5.41, 5.74) is 0.584. The number of hydrogen-bond donors (Lipinski definition) is 1. The van der Waals surface area contributed by atoms with Gasteiger partial charge in [0, 0.05) is 24.8 Å². The molecule has 0 aliphatic carbocycles. The minimum Gasteiger partial charge on any atom is -0.475 e. The molecule has 0 saturated heterocycles. The van der Waals surface area contributed by atoms with Crippen molar-refractivity contribution in [1.82, 2.24) is 19.9 Å². The first-order valence-corrected chi connectivity index (χ1v) is 4.10. The maximum atomic E-state index is 10.5. The van der Waals surface area contributed by atoms with Crippen LogP contribution >= 0.6 is 0 Å². The van der Waals surface area contributed by atoms with Crippen molar-refractivity contribution in [2.45, 2.75) is 0 Å². The van der Waals surface area contributed by atoms with Crippen LogP contribution in [0.25, 0.3) is 11.4 Å². The molecule has 0 bridgehead atoms. The van der Waals surface area contributed by atoms with Gasteiger partial charge in [-0.2, -0.15) is 0 Å². The van der Waals surface area contributed by atoms with Crippen LogP contribution in [0, 0.1) is 0 Å². The van der Waals surface area contributed by atoms with Gasteiger partial charge in [-0.1, -0.05) is 0 Å². The molecule has 0 aliphatic heterocycles. The monoisotopic (exact) mass is 202 g/mol. The van der Waals surface area contributed by atoms with Gasteiger partial charge in [-0.3, -0.25) is 0 Å². The van der Waals surface area contributed by atoms with Crippen LogP contribution in [0.2, 0.25) is 0 Å². The lowest BCUT2D eigenvalue weighted by Gasteiger charge is -1.97. The van der Waals surface area contributed by atoms with Crippen molar-refractivity contribution in [3.05, 3.63) is 36.7 Å². The summed E-state index contributed by atoms with van der Waals surface area (Å²) in [6.45, 7) is 0. The third kappa shape index (κ3) is 1.93. The number of rotatable bonds is 2. The van der Waals surface area contributed by atoms with Gasteiger partial charge >= 0.3 is 5.97 Å². The Hall–Kier alpha value is -2.37. The molecule has 2 aromatic rings. The Balaban J connectivity index is 2.36. The van der Waals surface area contributed by atoms with Gasteiger partial charge in [-0.05, 0) is 6.07 Å². The minimum absolute atomic E-state index is 0.241. The van der Waals surface area contributed by atoms with Crippen molar-refractivity contribution in [3.8, 4) is 11.4 Å². The van der Waals surface area contributed by atoms with Crippen molar-refractivity contribution in [1.29, 1.82) is 0 Å². The van der Waals surface area contributed by atoms with Gasteiger partial charge in [0.25, 0.3) is 0 Å². The average molecular weight is 202 g/mol. The number of aromatic carboxylic acids is 1. The molecule has 0 aromatic carbocycles. The summed E-state index contributed by atoms with van der Waals surface area (Å²) in [6, 6.07) is 1.69. The van der Waals surface area contributed by atoms with E-state index >= 15 is 0 Å². The van der Waals surface area contributed by atoms with Gasteiger partial charge in [-0.25, -0.2) is 24.7 Å². The second kappa shape index (κ2) is 3.79. The van der Waals surface area contributed by atoms with E-state index in [9.17, 15) is 4.79 Å². The smallest absolute Gasteiger partial charge is 0.373 e. The largest absolute Gasteiger partial charge is 0.475 e. The fourth-order valence-corrected chi connectivity index (χ4v) is 1.00. The quantitative estimate of drug-likeness (QED) is 0.768. The van der Waals surface area contributed by atoms with Crippen LogP contribution in [-0.2, 0) is 0 Å². The number of carboxylic acid groups (broad SMARTS) is 1. The molecule has 0 aliphatic rings. The highest BCUT2D eigenvalue weighted by Crippen LogP contribution is 2.10. The summed E-state index contributed by atoms with van der Waals surface area (Å²) in [5, 5.41) is 8.59. The molecule has 2 aromatic heterocycles. The fourth-order valence-electron chi connectivity index (χ4n) is 1.00. The standard InChI is InChI=1S/C9H6N4O2/c14-9(15)8-12-4-6(5-13-8)7-10-2-1-3-11-7/h1-5H,(H,14,15). The normalized spacial score (nSPS) is 9.87. The number of nitrogens with zero attached hydrogens (tertiary/aromatic N) is 4. The fraction of sp³-hybridized carbons (Fsp3) is 0. The molecule has 1 N–H and O–H groups in total. The number of aromatic nitrogens is 4. The summed E-state index contributed by atoms with van der Waals surface area (Å²) in [7, 11) is 0. The third-order valence-corrected chi connectivity index (χ3v) is 1.67. The molecule has 15 heavy (non-hydrogen) atoms. The van der Waals surface area contributed by atoms with Crippen LogP contribution in [0.1, 0.15) is 10.6 Å². The zero-order valence-electron chi connectivity index (χ0n) is 7.53. The lowest BCUT2D eigenvalue weighted by molar-refractivity contribution is 0.0683. The van der Waals surface area contributed by atoms with Crippen LogP contribution in [0.15, 0.2) is 30.9 Å². The zero-order valence-corrected chi connectivity index (χ0v) is 7.53. The topological polar surface area (TPSA) is 88.9 Å². The van der Waals surface area contributed by atoms with Crippen LogP contribution in [0.4, 0.5) is 0 Å². The van der Waals surface area contributed by atoms with Crippen LogP contribution in [-0.4, -0.2) is 31.0 Å². The maximum Gasteiger partial charge on any atom is 0.373 e. The van der Waals surface area contributed by atoms with E-state index in [4.69, 9.17) is 5.11 Å². The zero-order chi connectivity index (χ0) is 10.7. The third-order valence-electron chi connectivity index (χ3n) is 1.67. The SMILES string of the molecule is O=C(O)c1ncc(-c2ncccn2)cn1. The summed E-state index contributed by atoms with van der Waals surface area (Å²) in [4.78, 5) is 25.8. The lowest BCUT2D eigenvalue weighted by atomic mass is 10.3. The Morgan fingerprint density at radius 3 is 2.20 bits per heavy atom. The van der Waals surface area contributed by atoms with Crippen molar-refractivity contribution in [3.63, 3.8) is 0 Å². The molecular weight excluding hydrogens is 196 g/mol. The van der Waals surface area contributed by atoms with Gasteiger partial charge in [0.05, 0.1) is 5.56 Å². The average Bonchev–Trinajstić information content (AvgIpc) is 2.30. The van der Waals surface area contributed by atoms with E-state index in [1.165, 1.54) is 12.4 Å². The van der Waals surface area contributed by atoms with E-state index in [1.54, 1.807) is 18.5 Å². The molecule has 6 heteroatoms. The highest BCUT2D eigenvalue weighted by molar-refractivity contribution is 5.83. The van der Waals surface area contributed by atoms with Crippen molar-refractivity contribution < 1.29 is 9.90 Å². The summed E-state index contributed by atoms with van der Waals surface area (Å²) in [6.07, 6.45) is 5.94. The molecule has 0 amide bonds. The van der Waals surface area contributed by atoms with Gasteiger partial charge in [0.2, 0.25) is 5.82 Å². The molecule has 6 nitrogen and oxygen atoms in total. The van der Waals surface area contributed by atoms with Gasteiger partial charge in [-0.15, -0.1) is 0 Å². The molecule has 0 fully saturated rings. The first kappa shape index (κ1) is 9.20. The molecule has 0 radical (unpaired) electrons. The molecular formula is C9H6N4O2. The highest BCUT2D eigenvalue weighted by atomic mass is 16.4. The lowest BCUT2D eigenvalue weighted by Crippen LogP contribution is -2.03. The van der Waals surface area contributed by atoms with E-state index in [2.05, 4.69) is 19.9 Å². The second-order valence-electron chi connectivity index (χ2n) is 2.67. The Morgan fingerprint density at radius 2 is 1.67 bits per heavy atom. The Morgan fingerprint density at radius 1 is 1.07 bits per heavy atom. The van der Waals surface area contributed by atoms with Crippen molar-refractivity contribution in [2.75, 3.05) is 0 Å². The molecule has 0 spiro atoms. The Bertz CT molecular complexity index is 469. The Labute approximate surface area is 84.7 Å². The number of hydrogen-bond acceptors (Lipinski definition) is 5. The van der Waals surface area contributed by atoms with Crippen molar-refractivity contribution >= 4 is 5.97 Å². The van der Waals surface area contributed by atoms with E-state index < -0.39 is 5.97 Å². The van der Waals surface area contributed by atoms with Crippen LogP contribution in [0.3, 0.4) is 0 Å². The Kier molecular flexibility index (Phi) is 2.32. The number of carboxylic acids is 1. The summed E-state index contributed by atoms with van der Waals surface area (Å²) < 4.78 is 0. The van der Waals surface area contributed by atoms with Gasteiger partial charge < -0.3 is 5.11 Å². The van der Waals surface area contributed by atoms with Crippen LogP contribution in [0.5, 0.6) is 0 Å². The van der Waals surface area contributed by atoms with E-state index in [-0.39, 0.29) is 5.82 Å². The summed E-state index contributed by atoms with van der Waals surface area (Å²) >= 11 is 0. The first-order valence-electron chi connectivity index (χ1n) is 4.10. The van der Waals surface area contributed by atoms with E-state index in [0.29, 0.717) is 11.4 Å². The molecule has 2 rings (SSSR count). The molecule has 0 atom stereocenters. The van der Waals surface area contributed by atoms with Crippen LogP contribution < -0.4 is 0 Å². The van der Waals surface area contributed by atoms with Gasteiger partial charge in [0.1, 0.15) is 0 Å². The molecule has 2 heterocycles. The maximum absolute atomic E-state index is 10.5. The van der Waals surface area contributed by atoms with Crippen molar-refractivity contribution in [2.24, 2.45) is 0 Å². The number of carbonyl (C=O) groups is 1. The molecule has 0 unspecified atom stereocenters. The predicted octanol–water partition coefficient (Wildman–Crippen LogP) is 0.632.